The van der Waals surface area contributed by atoms with Gasteiger partial charge in [-0.2, -0.15) is 0 Å². The van der Waals surface area contributed by atoms with Crippen LogP contribution < -0.4 is 4.74 Å². The predicted molar refractivity (Wildman–Crippen MR) is 60.3 cm³/mol. The average Bonchev–Trinajstić information content (AvgIpc) is 2.58. The molecule has 84 valence electrons. The molecule has 0 N–H and O–H groups in total. The van der Waals surface area contributed by atoms with E-state index in [4.69, 9.17) is 9.47 Å². The van der Waals surface area contributed by atoms with E-state index < -0.39 is 0 Å². The van der Waals surface area contributed by atoms with Gasteiger partial charge in [0.05, 0.1) is 0 Å². The summed E-state index contributed by atoms with van der Waals surface area (Å²) in [5.74, 6) is 0.483. The third-order valence-corrected chi connectivity index (χ3v) is 2.49. The molecule has 16 heavy (non-hydrogen) atoms. The number of aryl methyl sites for hydroxylation is 1. The summed E-state index contributed by atoms with van der Waals surface area (Å²) in [7, 11) is 0. The fourth-order valence-corrected chi connectivity index (χ4v) is 1.55. The van der Waals surface area contributed by atoms with Crippen LogP contribution in [0.3, 0.4) is 0 Å². The molecule has 1 aliphatic heterocycles. The molecule has 1 aromatic rings. The van der Waals surface area contributed by atoms with Crippen LogP contribution in [0.15, 0.2) is 36.4 Å². The molecule has 1 heterocycles. The number of carbonyl (C=O) groups excluding carboxylic acids is 1. The van der Waals surface area contributed by atoms with Gasteiger partial charge in [-0.25, -0.2) is 4.79 Å². The Bertz CT molecular complexity index is 390. The summed E-state index contributed by atoms with van der Waals surface area (Å²) < 4.78 is 10.6. The normalized spacial score (nSPS) is 19.7. The van der Waals surface area contributed by atoms with Gasteiger partial charge in [-0.1, -0.05) is 24.3 Å². The minimum absolute atomic E-state index is 0.193. The summed E-state index contributed by atoms with van der Waals surface area (Å²) in [5, 5.41) is 0. The van der Waals surface area contributed by atoms with Gasteiger partial charge in [-0.05, 0) is 19.1 Å². The second-order valence-electron chi connectivity index (χ2n) is 3.96. The van der Waals surface area contributed by atoms with E-state index in [0.717, 1.165) is 5.75 Å². The minimum Gasteiger partial charge on any atom is -0.490 e. The first-order chi connectivity index (χ1) is 7.65. The Morgan fingerprint density at radius 3 is 2.69 bits per heavy atom. The second-order valence-corrected chi connectivity index (χ2v) is 3.96. The van der Waals surface area contributed by atoms with Crippen molar-refractivity contribution in [2.24, 2.45) is 0 Å². The van der Waals surface area contributed by atoms with Gasteiger partial charge in [-0.15, -0.1) is 0 Å². The monoisotopic (exact) mass is 218 g/mol. The van der Waals surface area contributed by atoms with Gasteiger partial charge in [0.2, 0.25) is 0 Å². The SMILES string of the molecule is C=C1CC(COc2ccc(C)cc2)OC1=O. The highest BCUT2D eigenvalue weighted by Crippen LogP contribution is 2.20. The van der Waals surface area contributed by atoms with E-state index in [0.29, 0.717) is 18.6 Å². The molecule has 0 aliphatic carbocycles. The molecule has 3 nitrogen and oxygen atoms in total. The molecule has 1 aliphatic rings. The summed E-state index contributed by atoms with van der Waals surface area (Å²) in [6.45, 7) is 6.03. The van der Waals surface area contributed by atoms with Gasteiger partial charge < -0.3 is 9.47 Å². The van der Waals surface area contributed by atoms with Crippen LogP contribution in [-0.2, 0) is 9.53 Å². The lowest BCUT2D eigenvalue weighted by Crippen LogP contribution is -2.17. The lowest BCUT2D eigenvalue weighted by molar-refractivity contribution is -0.139. The molecule has 0 saturated carbocycles. The number of cyclic esters (lactones) is 1. The molecule has 2 rings (SSSR count). The number of hydrogen-bond donors (Lipinski definition) is 0. The van der Waals surface area contributed by atoms with Crippen LogP contribution in [0.2, 0.25) is 0 Å². The fourth-order valence-electron chi connectivity index (χ4n) is 1.55. The molecule has 1 aromatic carbocycles. The first-order valence-corrected chi connectivity index (χ1v) is 5.23. The van der Waals surface area contributed by atoms with Crippen LogP contribution in [0, 0.1) is 6.92 Å². The molecule has 1 atom stereocenters. The van der Waals surface area contributed by atoms with Crippen LogP contribution in [0.4, 0.5) is 0 Å². The van der Waals surface area contributed by atoms with Gasteiger partial charge in [0.15, 0.2) is 0 Å². The lowest BCUT2D eigenvalue weighted by Gasteiger charge is -2.10. The van der Waals surface area contributed by atoms with Crippen molar-refractivity contribution in [1.29, 1.82) is 0 Å². The molecule has 1 fully saturated rings. The van der Waals surface area contributed by atoms with E-state index in [1.165, 1.54) is 5.56 Å². The molecule has 3 heteroatoms. The maximum Gasteiger partial charge on any atom is 0.333 e. The zero-order chi connectivity index (χ0) is 11.5. The van der Waals surface area contributed by atoms with Gasteiger partial charge in [-0.3, -0.25) is 0 Å². The lowest BCUT2D eigenvalue weighted by atomic mass is 10.2. The number of carbonyl (C=O) groups is 1. The highest BCUT2D eigenvalue weighted by atomic mass is 16.6. The molecular formula is C13H14O3. The Labute approximate surface area is 94.7 Å². The maximum absolute atomic E-state index is 11.1. The van der Waals surface area contributed by atoms with Gasteiger partial charge in [0.1, 0.15) is 18.5 Å². The van der Waals surface area contributed by atoms with Crippen molar-refractivity contribution in [3.63, 3.8) is 0 Å². The first kappa shape index (κ1) is 10.7. The summed E-state index contributed by atoms with van der Waals surface area (Å²) in [6, 6.07) is 7.77. The Morgan fingerprint density at radius 1 is 1.44 bits per heavy atom. The number of rotatable bonds is 3. The van der Waals surface area contributed by atoms with Crippen LogP contribution in [-0.4, -0.2) is 18.7 Å². The molecular weight excluding hydrogens is 204 g/mol. The van der Waals surface area contributed by atoms with Gasteiger partial charge in [0.25, 0.3) is 0 Å². The Balaban J connectivity index is 1.86. The van der Waals surface area contributed by atoms with E-state index in [1.54, 1.807) is 0 Å². The Hall–Kier alpha value is -1.77. The zero-order valence-electron chi connectivity index (χ0n) is 9.23. The summed E-state index contributed by atoms with van der Waals surface area (Å²) >= 11 is 0. The van der Waals surface area contributed by atoms with Crippen molar-refractivity contribution in [2.45, 2.75) is 19.4 Å². The molecule has 1 unspecified atom stereocenters. The van der Waals surface area contributed by atoms with Gasteiger partial charge in [0, 0.05) is 12.0 Å². The van der Waals surface area contributed by atoms with Crippen LogP contribution in [0.1, 0.15) is 12.0 Å². The fraction of sp³-hybridized carbons (Fsp3) is 0.308. The number of esters is 1. The zero-order valence-corrected chi connectivity index (χ0v) is 9.23. The summed E-state index contributed by atoms with van der Waals surface area (Å²) in [6.07, 6.45) is 0.367. The largest absolute Gasteiger partial charge is 0.490 e. The molecule has 0 amide bonds. The smallest absolute Gasteiger partial charge is 0.333 e. The third-order valence-electron chi connectivity index (χ3n) is 2.49. The van der Waals surface area contributed by atoms with E-state index >= 15 is 0 Å². The van der Waals surface area contributed by atoms with Crippen molar-refractivity contribution < 1.29 is 14.3 Å². The van der Waals surface area contributed by atoms with Crippen LogP contribution >= 0.6 is 0 Å². The standard InChI is InChI=1S/C13H14O3/c1-9-3-5-11(6-4-9)15-8-12-7-10(2)13(14)16-12/h3-6,12H,2,7-8H2,1H3. The predicted octanol–water partition coefficient (Wildman–Crippen LogP) is 2.25. The van der Waals surface area contributed by atoms with Crippen molar-refractivity contribution in [3.8, 4) is 5.75 Å². The van der Waals surface area contributed by atoms with Crippen molar-refractivity contribution in [3.05, 3.63) is 42.0 Å². The molecule has 1 saturated heterocycles. The average molecular weight is 218 g/mol. The topological polar surface area (TPSA) is 35.5 Å². The number of benzene rings is 1. The van der Waals surface area contributed by atoms with E-state index in [2.05, 4.69) is 6.58 Å². The maximum atomic E-state index is 11.1. The Kier molecular flexibility index (Phi) is 2.95. The van der Waals surface area contributed by atoms with Crippen molar-refractivity contribution in [1.82, 2.24) is 0 Å². The molecule has 0 aromatic heterocycles. The van der Waals surface area contributed by atoms with E-state index in [1.807, 2.05) is 31.2 Å². The Morgan fingerprint density at radius 2 is 2.12 bits per heavy atom. The highest BCUT2D eigenvalue weighted by molar-refractivity contribution is 5.89. The van der Waals surface area contributed by atoms with E-state index in [-0.39, 0.29) is 12.1 Å². The quantitative estimate of drug-likeness (QED) is 0.576. The molecule has 0 spiro atoms. The summed E-state index contributed by atoms with van der Waals surface area (Å²) in [4.78, 5) is 11.1. The van der Waals surface area contributed by atoms with E-state index in [9.17, 15) is 4.79 Å². The number of ether oxygens (including phenoxy) is 2. The highest BCUT2D eigenvalue weighted by Gasteiger charge is 2.27. The first-order valence-electron chi connectivity index (χ1n) is 5.23. The molecule has 0 bridgehead atoms. The van der Waals surface area contributed by atoms with Gasteiger partial charge >= 0.3 is 5.97 Å². The van der Waals surface area contributed by atoms with Crippen molar-refractivity contribution >= 4 is 5.97 Å². The second kappa shape index (κ2) is 4.39. The third kappa shape index (κ3) is 2.42. The number of hydrogen-bond acceptors (Lipinski definition) is 3. The summed E-state index contributed by atoms with van der Waals surface area (Å²) in [5.41, 5.74) is 1.71. The minimum atomic E-state index is -0.308. The van der Waals surface area contributed by atoms with Crippen LogP contribution in [0.25, 0.3) is 0 Å². The molecule has 0 radical (unpaired) electrons. The van der Waals surface area contributed by atoms with Crippen LogP contribution in [0.5, 0.6) is 5.75 Å². The van der Waals surface area contributed by atoms with Crippen molar-refractivity contribution in [2.75, 3.05) is 6.61 Å².